The number of hydrogen-bond acceptors (Lipinski definition) is 5. The molecule has 3 aromatic rings. The summed E-state index contributed by atoms with van der Waals surface area (Å²) in [5.74, 6) is 0.702. The van der Waals surface area contributed by atoms with Gasteiger partial charge in [-0.25, -0.2) is 4.79 Å². The maximum absolute atomic E-state index is 12.6. The third-order valence-corrected chi connectivity index (χ3v) is 5.92. The van der Waals surface area contributed by atoms with Gasteiger partial charge in [-0.15, -0.1) is 0 Å². The number of fused-ring (bicyclic) bond motifs is 3. The standard InChI is InChI=1S/C29H31NO5/c1-20(2)17-33-22-14-12-21(13-15-22)18-34-28(31)16-30(3)29(32)35-19-27-25-10-6-4-8-23(25)24-9-5-7-11-26(24)27/h4-15,20,27H,16-19H2,1-3H3. The maximum Gasteiger partial charge on any atom is 0.410 e. The van der Waals surface area contributed by atoms with Gasteiger partial charge in [0.05, 0.1) is 6.61 Å². The quantitative estimate of drug-likeness (QED) is 0.376. The Morgan fingerprint density at radius 3 is 2.06 bits per heavy atom. The first kappa shape index (κ1) is 24.3. The number of carbonyl (C=O) groups is 2. The van der Waals surface area contributed by atoms with Crippen molar-refractivity contribution in [2.45, 2.75) is 26.4 Å². The molecule has 4 rings (SSSR count). The average Bonchev–Trinajstić information content (AvgIpc) is 3.19. The van der Waals surface area contributed by atoms with E-state index in [1.165, 1.54) is 23.1 Å². The average molecular weight is 474 g/mol. The van der Waals surface area contributed by atoms with Gasteiger partial charge in [0.15, 0.2) is 0 Å². The number of rotatable bonds is 9. The predicted molar refractivity (Wildman–Crippen MR) is 134 cm³/mol. The first-order valence-electron chi connectivity index (χ1n) is 11.9. The predicted octanol–water partition coefficient (Wildman–Crippen LogP) is 5.65. The van der Waals surface area contributed by atoms with Crippen LogP contribution in [0.15, 0.2) is 72.8 Å². The lowest BCUT2D eigenvalue weighted by Crippen LogP contribution is -2.34. The topological polar surface area (TPSA) is 65.1 Å². The molecule has 0 N–H and O–H groups in total. The molecule has 0 saturated carbocycles. The summed E-state index contributed by atoms with van der Waals surface area (Å²) in [5.41, 5.74) is 5.47. The summed E-state index contributed by atoms with van der Waals surface area (Å²) in [5, 5.41) is 0. The van der Waals surface area contributed by atoms with Gasteiger partial charge < -0.3 is 19.1 Å². The van der Waals surface area contributed by atoms with Gasteiger partial charge in [0.1, 0.15) is 25.5 Å². The lowest BCUT2D eigenvalue weighted by molar-refractivity contribution is -0.145. The van der Waals surface area contributed by atoms with Crippen molar-refractivity contribution in [3.8, 4) is 16.9 Å². The summed E-state index contributed by atoms with van der Waals surface area (Å²) >= 11 is 0. The number of benzene rings is 3. The van der Waals surface area contributed by atoms with E-state index in [0.29, 0.717) is 12.5 Å². The van der Waals surface area contributed by atoms with Gasteiger partial charge in [0.2, 0.25) is 0 Å². The van der Waals surface area contributed by atoms with Crippen LogP contribution in [0.4, 0.5) is 4.79 Å². The number of hydrogen-bond donors (Lipinski definition) is 0. The summed E-state index contributed by atoms with van der Waals surface area (Å²) < 4.78 is 16.6. The highest BCUT2D eigenvalue weighted by atomic mass is 16.6. The van der Waals surface area contributed by atoms with E-state index in [-0.39, 0.29) is 25.7 Å². The number of ether oxygens (including phenoxy) is 3. The highest BCUT2D eigenvalue weighted by molar-refractivity contribution is 5.80. The minimum atomic E-state index is -0.560. The van der Waals surface area contributed by atoms with Crippen LogP contribution in [0, 0.1) is 5.92 Å². The molecule has 1 amide bonds. The molecule has 0 fully saturated rings. The minimum absolute atomic E-state index is 0.0285. The number of carbonyl (C=O) groups excluding carboxylic acids is 2. The summed E-state index contributed by atoms with van der Waals surface area (Å²) in [6.07, 6.45) is -0.560. The van der Waals surface area contributed by atoms with E-state index in [1.54, 1.807) is 0 Å². The second-order valence-electron chi connectivity index (χ2n) is 9.17. The molecule has 35 heavy (non-hydrogen) atoms. The van der Waals surface area contributed by atoms with Crippen LogP contribution in [-0.4, -0.2) is 43.8 Å². The van der Waals surface area contributed by atoms with Gasteiger partial charge in [-0.2, -0.15) is 0 Å². The van der Waals surface area contributed by atoms with E-state index in [1.807, 2.05) is 48.5 Å². The van der Waals surface area contributed by atoms with Gasteiger partial charge in [-0.3, -0.25) is 4.79 Å². The Morgan fingerprint density at radius 2 is 1.46 bits per heavy atom. The summed E-state index contributed by atoms with van der Waals surface area (Å²) in [6.45, 7) is 4.98. The van der Waals surface area contributed by atoms with E-state index in [0.717, 1.165) is 22.4 Å². The Kier molecular flexibility index (Phi) is 7.70. The lowest BCUT2D eigenvalue weighted by Gasteiger charge is -2.19. The van der Waals surface area contributed by atoms with Crippen molar-refractivity contribution in [3.05, 3.63) is 89.5 Å². The molecule has 3 aromatic carbocycles. The fraction of sp³-hybridized carbons (Fsp3) is 0.310. The molecule has 0 bridgehead atoms. The lowest BCUT2D eigenvalue weighted by atomic mass is 9.98. The molecule has 0 saturated heterocycles. The molecule has 6 heteroatoms. The number of esters is 1. The largest absolute Gasteiger partial charge is 0.493 e. The van der Waals surface area contributed by atoms with Gasteiger partial charge in [-0.05, 0) is 45.9 Å². The van der Waals surface area contributed by atoms with E-state index in [2.05, 4.69) is 38.1 Å². The first-order valence-corrected chi connectivity index (χ1v) is 11.9. The van der Waals surface area contributed by atoms with Crippen molar-refractivity contribution in [2.75, 3.05) is 26.8 Å². The van der Waals surface area contributed by atoms with Crippen molar-refractivity contribution < 1.29 is 23.8 Å². The van der Waals surface area contributed by atoms with Crippen molar-refractivity contribution in [2.24, 2.45) is 5.92 Å². The first-order chi connectivity index (χ1) is 16.9. The Bertz CT molecular complexity index is 1130. The van der Waals surface area contributed by atoms with Crippen LogP contribution in [0.2, 0.25) is 0 Å². The third kappa shape index (κ3) is 6.01. The Hall–Kier alpha value is -3.80. The zero-order chi connectivity index (χ0) is 24.8. The van der Waals surface area contributed by atoms with Crippen LogP contribution in [0.3, 0.4) is 0 Å². The maximum atomic E-state index is 12.6. The Labute approximate surface area is 206 Å². The van der Waals surface area contributed by atoms with E-state index in [4.69, 9.17) is 14.2 Å². The minimum Gasteiger partial charge on any atom is -0.493 e. The van der Waals surface area contributed by atoms with E-state index >= 15 is 0 Å². The number of nitrogens with zero attached hydrogens (tertiary/aromatic N) is 1. The van der Waals surface area contributed by atoms with Crippen LogP contribution in [-0.2, 0) is 20.9 Å². The smallest absolute Gasteiger partial charge is 0.410 e. The molecule has 0 unspecified atom stereocenters. The molecular formula is C29H31NO5. The van der Waals surface area contributed by atoms with Crippen molar-refractivity contribution >= 4 is 12.1 Å². The van der Waals surface area contributed by atoms with Crippen molar-refractivity contribution in [1.29, 1.82) is 0 Å². The normalized spacial score (nSPS) is 12.1. The molecule has 6 nitrogen and oxygen atoms in total. The summed E-state index contributed by atoms with van der Waals surface area (Å²) in [7, 11) is 1.53. The van der Waals surface area contributed by atoms with Crippen LogP contribution in [0.5, 0.6) is 5.75 Å². The van der Waals surface area contributed by atoms with E-state index < -0.39 is 12.1 Å². The monoisotopic (exact) mass is 473 g/mol. The van der Waals surface area contributed by atoms with Gasteiger partial charge in [0.25, 0.3) is 0 Å². The number of amides is 1. The van der Waals surface area contributed by atoms with Gasteiger partial charge in [-0.1, -0.05) is 74.5 Å². The number of likely N-dealkylation sites (N-methyl/N-ethyl adjacent to an activating group) is 1. The molecule has 0 heterocycles. The van der Waals surface area contributed by atoms with Crippen molar-refractivity contribution in [1.82, 2.24) is 4.90 Å². The molecule has 0 atom stereocenters. The second kappa shape index (κ2) is 11.1. The highest BCUT2D eigenvalue weighted by Gasteiger charge is 2.29. The molecule has 1 aliphatic rings. The molecule has 0 spiro atoms. The van der Waals surface area contributed by atoms with Crippen LogP contribution in [0.1, 0.15) is 36.5 Å². The molecule has 1 aliphatic carbocycles. The van der Waals surface area contributed by atoms with Crippen LogP contribution >= 0.6 is 0 Å². The highest BCUT2D eigenvalue weighted by Crippen LogP contribution is 2.44. The second-order valence-corrected chi connectivity index (χ2v) is 9.17. The zero-order valence-corrected chi connectivity index (χ0v) is 20.4. The molecule has 182 valence electrons. The molecule has 0 aromatic heterocycles. The SMILES string of the molecule is CC(C)COc1ccc(COC(=O)CN(C)C(=O)OCC2c3ccccc3-c3ccccc32)cc1. The Morgan fingerprint density at radius 1 is 0.857 bits per heavy atom. The van der Waals surface area contributed by atoms with Gasteiger partial charge >= 0.3 is 12.1 Å². The fourth-order valence-corrected chi connectivity index (χ4v) is 4.12. The third-order valence-electron chi connectivity index (χ3n) is 5.92. The molecule has 0 radical (unpaired) electrons. The van der Waals surface area contributed by atoms with Gasteiger partial charge in [0, 0.05) is 13.0 Å². The van der Waals surface area contributed by atoms with Crippen LogP contribution in [0.25, 0.3) is 11.1 Å². The summed E-state index contributed by atoms with van der Waals surface area (Å²) in [6, 6.07) is 23.8. The fourth-order valence-electron chi connectivity index (χ4n) is 4.12. The zero-order valence-electron chi connectivity index (χ0n) is 20.4. The summed E-state index contributed by atoms with van der Waals surface area (Å²) in [4.78, 5) is 26.1. The van der Waals surface area contributed by atoms with E-state index in [9.17, 15) is 9.59 Å². The van der Waals surface area contributed by atoms with Crippen LogP contribution < -0.4 is 4.74 Å². The Balaban J connectivity index is 1.25. The van der Waals surface area contributed by atoms with Crippen molar-refractivity contribution in [3.63, 3.8) is 0 Å². The molecular weight excluding hydrogens is 442 g/mol. The molecule has 0 aliphatic heterocycles.